The topological polar surface area (TPSA) is 142 Å². The zero-order chi connectivity index (χ0) is 14.7. The number of nitro groups is 1. The van der Waals surface area contributed by atoms with Crippen molar-refractivity contribution in [1.29, 1.82) is 0 Å². The molecule has 10 heteroatoms. The molecule has 0 unspecified atom stereocenters. The Morgan fingerprint density at radius 1 is 1.40 bits per heavy atom. The quantitative estimate of drug-likeness (QED) is 0.549. The molecule has 2 aromatic heterocycles. The van der Waals surface area contributed by atoms with Crippen molar-refractivity contribution in [3.63, 3.8) is 0 Å². The van der Waals surface area contributed by atoms with Gasteiger partial charge in [-0.3, -0.25) is 30.4 Å². The molecule has 0 bridgehead atoms. The molecule has 0 atom stereocenters. The molecule has 0 aliphatic rings. The Morgan fingerprint density at radius 2 is 2.15 bits per heavy atom. The lowest BCUT2D eigenvalue weighted by Gasteiger charge is -1.97. The van der Waals surface area contributed by atoms with Gasteiger partial charge in [0.05, 0.1) is 4.92 Å². The van der Waals surface area contributed by atoms with Crippen LogP contribution in [0.5, 0.6) is 0 Å². The number of carbonyl (C=O) groups is 1. The van der Waals surface area contributed by atoms with Crippen molar-refractivity contribution in [3.05, 3.63) is 27.3 Å². The van der Waals surface area contributed by atoms with E-state index in [1.54, 1.807) is 6.92 Å². The van der Waals surface area contributed by atoms with Crippen molar-refractivity contribution in [2.75, 3.05) is 5.32 Å². The predicted molar refractivity (Wildman–Crippen MR) is 68.3 cm³/mol. The average molecular weight is 279 g/mol. The summed E-state index contributed by atoms with van der Waals surface area (Å²) in [6, 6.07) is 0. The van der Waals surface area contributed by atoms with Gasteiger partial charge in [0.1, 0.15) is 11.5 Å². The summed E-state index contributed by atoms with van der Waals surface area (Å²) in [6.07, 6.45) is 1.14. The molecule has 10 nitrogen and oxygen atoms in total. The fraction of sp³-hybridized carbons (Fsp3) is 0.400. The van der Waals surface area contributed by atoms with Crippen LogP contribution < -0.4 is 5.32 Å². The van der Waals surface area contributed by atoms with Gasteiger partial charge in [0.15, 0.2) is 0 Å². The van der Waals surface area contributed by atoms with Gasteiger partial charge in [0.25, 0.3) is 5.91 Å². The van der Waals surface area contributed by atoms with Gasteiger partial charge in [-0.1, -0.05) is 13.3 Å². The van der Waals surface area contributed by atoms with Gasteiger partial charge in [0.2, 0.25) is 11.6 Å². The summed E-state index contributed by atoms with van der Waals surface area (Å²) < 4.78 is 0. The van der Waals surface area contributed by atoms with E-state index in [2.05, 4.69) is 30.7 Å². The number of rotatable bonds is 5. The summed E-state index contributed by atoms with van der Waals surface area (Å²) in [5.74, 6) is -0.167. The van der Waals surface area contributed by atoms with Gasteiger partial charge in [-0.15, -0.1) is 5.10 Å². The average Bonchev–Trinajstić information content (AvgIpc) is 2.96. The molecule has 0 fully saturated rings. The first-order valence-corrected chi connectivity index (χ1v) is 5.95. The molecule has 20 heavy (non-hydrogen) atoms. The van der Waals surface area contributed by atoms with Gasteiger partial charge in [-0.2, -0.15) is 10.1 Å². The maximum absolute atomic E-state index is 12.0. The van der Waals surface area contributed by atoms with Crippen molar-refractivity contribution >= 4 is 17.5 Å². The molecule has 0 saturated carbocycles. The summed E-state index contributed by atoms with van der Waals surface area (Å²) >= 11 is 0. The Hall–Kier alpha value is -2.78. The monoisotopic (exact) mass is 279 g/mol. The predicted octanol–water partition coefficient (Wildman–Crippen LogP) is 0.949. The molecule has 106 valence electrons. The van der Waals surface area contributed by atoms with E-state index in [1.807, 2.05) is 6.92 Å². The third-order valence-corrected chi connectivity index (χ3v) is 2.53. The lowest BCUT2D eigenvalue weighted by Crippen LogP contribution is -2.15. The Labute approximate surface area is 113 Å². The van der Waals surface area contributed by atoms with Crippen LogP contribution in [-0.4, -0.2) is 36.2 Å². The van der Waals surface area contributed by atoms with E-state index in [-0.39, 0.29) is 17.3 Å². The number of H-pyrrole nitrogens is 2. The third kappa shape index (κ3) is 2.63. The first kappa shape index (κ1) is 13.6. The molecular weight excluding hydrogens is 266 g/mol. The van der Waals surface area contributed by atoms with Crippen LogP contribution in [0, 0.1) is 17.0 Å². The summed E-state index contributed by atoms with van der Waals surface area (Å²) in [7, 11) is 0. The summed E-state index contributed by atoms with van der Waals surface area (Å²) in [5, 5.41) is 25.9. The number of anilines is 1. The smallest absolute Gasteiger partial charge is 0.287 e. The number of nitrogens with one attached hydrogen (secondary N) is 3. The first-order chi connectivity index (χ1) is 9.52. The highest BCUT2D eigenvalue weighted by Gasteiger charge is 2.29. The maximum atomic E-state index is 12.0. The van der Waals surface area contributed by atoms with E-state index in [9.17, 15) is 14.9 Å². The molecule has 3 N–H and O–H groups in total. The largest absolute Gasteiger partial charge is 0.322 e. The van der Waals surface area contributed by atoms with Crippen LogP contribution in [0.3, 0.4) is 0 Å². The van der Waals surface area contributed by atoms with Crippen molar-refractivity contribution in [1.82, 2.24) is 25.4 Å². The van der Waals surface area contributed by atoms with E-state index >= 15 is 0 Å². The molecule has 0 aliphatic heterocycles. The van der Waals surface area contributed by atoms with Gasteiger partial charge in [0, 0.05) is 0 Å². The standard InChI is InChI=1S/C10H13N7O3/c1-3-4-6-8(17(19)20)7(15-14-6)9(18)12-10-11-5(2)13-16-10/h3-4H2,1-2H3,(H,14,15)(H2,11,12,13,16,18). The molecule has 0 aromatic carbocycles. The van der Waals surface area contributed by atoms with Crippen LogP contribution in [0.2, 0.25) is 0 Å². The van der Waals surface area contributed by atoms with Crippen molar-refractivity contribution < 1.29 is 9.72 Å². The molecule has 1 amide bonds. The highest BCUT2D eigenvalue weighted by molar-refractivity contribution is 6.04. The zero-order valence-corrected chi connectivity index (χ0v) is 10.9. The normalized spacial score (nSPS) is 10.5. The maximum Gasteiger partial charge on any atom is 0.322 e. The number of nitrogens with zero attached hydrogens (tertiary/aromatic N) is 4. The number of aryl methyl sites for hydroxylation is 2. The molecule has 0 spiro atoms. The van der Waals surface area contributed by atoms with Crippen molar-refractivity contribution in [2.45, 2.75) is 26.7 Å². The summed E-state index contributed by atoms with van der Waals surface area (Å²) in [5.41, 5.74) is -0.258. The molecule has 0 radical (unpaired) electrons. The second-order valence-electron chi connectivity index (χ2n) is 4.11. The molecule has 2 rings (SSSR count). The Kier molecular flexibility index (Phi) is 3.73. The lowest BCUT2D eigenvalue weighted by molar-refractivity contribution is -0.385. The number of carbonyl (C=O) groups excluding carboxylic acids is 1. The van der Waals surface area contributed by atoms with E-state index < -0.39 is 10.8 Å². The molecular formula is C10H13N7O3. The number of hydrogen-bond acceptors (Lipinski definition) is 6. The minimum atomic E-state index is -0.727. The SMILES string of the molecule is CCCc1[nH]nc(C(=O)Nc2n[nH]c(C)n2)c1[N+](=O)[O-]. The van der Waals surface area contributed by atoms with Crippen LogP contribution in [0.4, 0.5) is 11.6 Å². The number of aromatic amines is 2. The first-order valence-electron chi connectivity index (χ1n) is 5.95. The van der Waals surface area contributed by atoms with Gasteiger partial charge in [-0.25, -0.2) is 0 Å². The molecule has 0 saturated heterocycles. The highest BCUT2D eigenvalue weighted by Crippen LogP contribution is 2.22. The minimum Gasteiger partial charge on any atom is -0.287 e. The van der Waals surface area contributed by atoms with Crippen molar-refractivity contribution in [3.8, 4) is 0 Å². The Bertz CT molecular complexity index is 645. The summed E-state index contributed by atoms with van der Waals surface area (Å²) in [6.45, 7) is 3.54. The molecule has 0 aliphatic carbocycles. The van der Waals surface area contributed by atoms with Gasteiger partial charge >= 0.3 is 5.69 Å². The third-order valence-electron chi connectivity index (χ3n) is 2.53. The van der Waals surface area contributed by atoms with E-state index in [0.717, 1.165) is 0 Å². The Morgan fingerprint density at radius 3 is 2.70 bits per heavy atom. The fourth-order valence-corrected chi connectivity index (χ4v) is 1.71. The van der Waals surface area contributed by atoms with Crippen LogP contribution in [0.1, 0.15) is 35.4 Å². The van der Waals surface area contributed by atoms with Crippen LogP contribution >= 0.6 is 0 Å². The van der Waals surface area contributed by atoms with Crippen LogP contribution in [0.25, 0.3) is 0 Å². The number of hydrogen-bond donors (Lipinski definition) is 3. The number of amides is 1. The lowest BCUT2D eigenvalue weighted by atomic mass is 10.2. The van der Waals surface area contributed by atoms with E-state index in [1.165, 1.54) is 0 Å². The van der Waals surface area contributed by atoms with E-state index in [4.69, 9.17) is 0 Å². The molecule has 2 aromatic rings. The van der Waals surface area contributed by atoms with E-state index in [0.29, 0.717) is 24.4 Å². The van der Waals surface area contributed by atoms with Crippen LogP contribution in [-0.2, 0) is 6.42 Å². The highest BCUT2D eigenvalue weighted by atomic mass is 16.6. The minimum absolute atomic E-state index is 0.0434. The second kappa shape index (κ2) is 5.47. The fourth-order valence-electron chi connectivity index (χ4n) is 1.71. The zero-order valence-electron chi connectivity index (χ0n) is 10.9. The van der Waals surface area contributed by atoms with Gasteiger partial charge in [-0.05, 0) is 13.3 Å². The van der Waals surface area contributed by atoms with Crippen molar-refractivity contribution in [2.24, 2.45) is 0 Å². The second-order valence-corrected chi connectivity index (χ2v) is 4.11. The Balaban J connectivity index is 2.27. The summed E-state index contributed by atoms with van der Waals surface area (Å²) in [4.78, 5) is 26.3. The van der Waals surface area contributed by atoms with Crippen LogP contribution in [0.15, 0.2) is 0 Å². The van der Waals surface area contributed by atoms with Gasteiger partial charge < -0.3 is 0 Å². The number of aromatic nitrogens is 5. The molecule has 2 heterocycles.